The minimum Gasteiger partial charge on any atom is -0.501 e. The number of benzene rings is 1. The molecule has 0 N–H and O–H groups in total. The second kappa shape index (κ2) is 8.30. The Balaban J connectivity index is 2.68. The molecule has 0 heterocycles. The summed E-state index contributed by atoms with van der Waals surface area (Å²) in [6, 6.07) is 8.23. The lowest BCUT2D eigenvalue weighted by molar-refractivity contribution is -0.139. The molecule has 3 nitrogen and oxygen atoms in total. The lowest BCUT2D eigenvalue weighted by atomic mass is 9.97. The SMILES string of the molecule is C=C(C)C(=O)OCCCc1ccccc1C(C)=C(C)OC. The van der Waals surface area contributed by atoms with Crippen molar-refractivity contribution in [3.05, 3.63) is 53.3 Å². The molecule has 0 aliphatic carbocycles. The van der Waals surface area contributed by atoms with E-state index in [1.165, 1.54) is 11.1 Å². The Hall–Kier alpha value is -2.03. The van der Waals surface area contributed by atoms with Crippen molar-refractivity contribution < 1.29 is 14.3 Å². The Morgan fingerprint density at radius 3 is 2.48 bits per heavy atom. The van der Waals surface area contributed by atoms with Crippen molar-refractivity contribution in [2.24, 2.45) is 0 Å². The maximum Gasteiger partial charge on any atom is 0.333 e. The van der Waals surface area contributed by atoms with Crippen molar-refractivity contribution in [1.29, 1.82) is 0 Å². The first-order valence-electron chi connectivity index (χ1n) is 7.09. The second-order valence-electron chi connectivity index (χ2n) is 5.06. The molecule has 0 saturated carbocycles. The number of ether oxygens (including phenoxy) is 2. The fraction of sp³-hybridized carbons (Fsp3) is 0.389. The van der Waals surface area contributed by atoms with E-state index in [0.29, 0.717) is 12.2 Å². The molecule has 1 aromatic rings. The number of methoxy groups -OCH3 is 1. The number of rotatable bonds is 7. The highest BCUT2D eigenvalue weighted by molar-refractivity contribution is 5.86. The monoisotopic (exact) mass is 288 g/mol. The molecule has 0 amide bonds. The van der Waals surface area contributed by atoms with Gasteiger partial charge in [0.25, 0.3) is 0 Å². The molecule has 0 aliphatic heterocycles. The van der Waals surface area contributed by atoms with Gasteiger partial charge in [-0.25, -0.2) is 4.79 Å². The number of hydrogen-bond donors (Lipinski definition) is 0. The highest BCUT2D eigenvalue weighted by Gasteiger charge is 2.08. The van der Waals surface area contributed by atoms with Gasteiger partial charge in [-0.1, -0.05) is 30.8 Å². The van der Waals surface area contributed by atoms with Crippen LogP contribution in [-0.4, -0.2) is 19.7 Å². The van der Waals surface area contributed by atoms with Gasteiger partial charge in [-0.3, -0.25) is 0 Å². The highest BCUT2D eigenvalue weighted by Crippen LogP contribution is 2.23. The maximum absolute atomic E-state index is 11.3. The Morgan fingerprint density at radius 1 is 1.19 bits per heavy atom. The van der Waals surface area contributed by atoms with Crippen LogP contribution in [0.4, 0.5) is 0 Å². The molecule has 3 heteroatoms. The van der Waals surface area contributed by atoms with Crippen LogP contribution < -0.4 is 0 Å². The van der Waals surface area contributed by atoms with E-state index in [9.17, 15) is 4.79 Å². The molecule has 1 rings (SSSR count). The van der Waals surface area contributed by atoms with Crippen LogP contribution >= 0.6 is 0 Å². The molecule has 0 aromatic heterocycles. The van der Waals surface area contributed by atoms with Gasteiger partial charge >= 0.3 is 5.97 Å². The zero-order valence-electron chi connectivity index (χ0n) is 13.4. The van der Waals surface area contributed by atoms with E-state index in [0.717, 1.165) is 24.2 Å². The lowest BCUT2D eigenvalue weighted by Gasteiger charge is -2.12. The van der Waals surface area contributed by atoms with E-state index in [4.69, 9.17) is 9.47 Å². The van der Waals surface area contributed by atoms with Crippen LogP contribution in [0.1, 0.15) is 38.3 Å². The summed E-state index contributed by atoms with van der Waals surface area (Å²) in [6.07, 6.45) is 1.64. The normalized spacial score (nSPS) is 11.6. The summed E-state index contributed by atoms with van der Waals surface area (Å²) < 4.78 is 10.4. The van der Waals surface area contributed by atoms with E-state index in [-0.39, 0.29) is 5.97 Å². The van der Waals surface area contributed by atoms with E-state index < -0.39 is 0 Å². The molecule has 0 bridgehead atoms. The Kier molecular flexibility index (Phi) is 6.73. The third kappa shape index (κ3) is 5.10. The van der Waals surface area contributed by atoms with Crippen LogP contribution in [-0.2, 0) is 20.7 Å². The van der Waals surface area contributed by atoms with Crippen LogP contribution in [0.25, 0.3) is 5.57 Å². The average molecular weight is 288 g/mol. The summed E-state index contributed by atoms with van der Waals surface area (Å²) in [6.45, 7) is 9.64. The van der Waals surface area contributed by atoms with Gasteiger partial charge in [0.05, 0.1) is 19.5 Å². The highest BCUT2D eigenvalue weighted by atomic mass is 16.5. The third-order valence-electron chi connectivity index (χ3n) is 3.43. The molecule has 0 aliphatic rings. The van der Waals surface area contributed by atoms with Gasteiger partial charge in [-0.15, -0.1) is 0 Å². The summed E-state index contributed by atoms with van der Waals surface area (Å²) in [5.74, 6) is 0.589. The third-order valence-corrected chi connectivity index (χ3v) is 3.43. The molecule has 1 aromatic carbocycles. The molecule has 0 spiro atoms. The van der Waals surface area contributed by atoms with Gasteiger partial charge in [0, 0.05) is 5.57 Å². The zero-order valence-corrected chi connectivity index (χ0v) is 13.4. The molecule has 0 unspecified atom stereocenters. The first-order chi connectivity index (χ1) is 9.97. The maximum atomic E-state index is 11.3. The van der Waals surface area contributed by atoms with Gasteiger partial charge in [-0.05, 0) is 50.3 Å². The summed E-state index contributed by atoms with van der Waals surface area (Å²) in [4.78, 5) is 11.3. The van der Waals surface area contributed by atoms with Gasteiger partial charge in [0.2, 0.25) is 0 Å². The van der Waals surface area contributed by atoms with Crippen LogP contribution in [0.2, 0.25) is 0 Å². The van der Waals surface area contributed by atoms with E-state index >= 15 is 0 Å². The van der Waals surface area contributed by atoms with Gasteiger partial charge in [0.15, 0.2) is 0 Å². The predicted molar refractivity (Wildman–Crippen MR) is 85.8 cm³/mol. The van der Waals surface area contributed by atoms with Crippen molar-refractivity contribution in [2.75, 3.05) is 13.7 Å². The Morgan fingerprint density at radius 2 is 1.86 bits per heavy atom. The van der Waals surface area contributed by atoms with Crippen molar-refractivity contribution in [3.8, 4) is 0 Å². The van der Waals surface area contributed by atoms with Crippen molar-refractivity contribution in [2.45, 2.75) is 33.6 Å². The quantitative estimate of drug-likeness (QED) is 0.327. The predicted octanol–water partition coefficient (Wildman–Crippen LogP) is 4.14. The van der Waals surface area contributed by atoms with E-state index in [1.807, 2.05) is 19.1 Å². The van der Waals surface area contributed by atoms with Gasteiger partial charge < -0.3 is 9.47 Å². The van der Waals surface area contributed by atoms with Crippen molar-refractivity contribution in [1.82, 2.24) is 0 Å². The Bertz CT molecular complexity index is 541. The van der Waals surface area contributed by atoms with Crippen molar-refractivity contribution >= 4 is 11.5 Å². The van der Waals surface area contributed by atoms with E-state index in [2.05, 4.69) is 25.6 Å². The molecule has 0 fully saturated rings. The number of carbonyl (C=O) groups excluding carboxylic acids is 1. The number of aryl methyl sites for hydroxylation is 1. The number of carbonyl (C=O) groups is 1. The van der Waals surface area contributed by atoms with Crippen LogP contribution in [0.5, 0.6) is 0 Å². The number of esters is 1. The fourth-order valence-corrected chi connectivity index (χ4v) is 2.00. The summed E-state index contributed by atoms with van der Waals surface area (Å²) in [5.41, 5.74) is 3.98. The molecular formula is C18H24O3. The number of hydrogen-bond acceptors (Lipinski definition) is 3. The first kappa shape index (κ1) is 17.0. The summed E-state index contributed by atoms with van der Waals surface area (Å²) in [7, 11) is 1.68. The molecule has 0 radical (unpaired) electrons. The zero-order chi connectivity index (χ0) is 15.8. The van der Waals surface area contributed by atoms with Gasteiger partial charge in [-0.2, -0.15) is 0 Å². The van der Waals surface area contributed by atoms with Crippen molar-refractivity contribution in [3.63, 3.8) is 0 Å². The van der Waals surface area contributed by atoms with Gasteiger partial charge in [0.1, 0.15) is 0 Å². The smallest absolute Gasteiger partial charge is 0.333 e. The fourth-order valence-electron chi connectivity index (χ4n) is 2.00. The molecule has 114 valence electrons. The minimum absolute atomic E-state index is 0.324. The van der Waals surface area contributed by atoms with Crippen LogP contribution in [0.3, 0.4) is 0 Å². The summed E-state index contributed by atoms with van der Waals surface area (Å²) in [5, 5.41) is 0. The van der Waals surface area contributed by atoms with Crippen LogP contribution in [0.15, 0.2) is 42.2 Å². The second-order valence-corrected chi connectivity index (χ2v) is 5.06. The summed E-state index contributed by atoms with van der Waals surface area (Å²) >= 11 is 0. The van der Waals surface area contributed by atoms with Crippen LogP contribution in [0, 0.1) is 0 Å². The lowest BCUT2D eigenvalue weighted by Crippen LogP contribution is -2.07. The average Bonchev–Trinajstić information content (AvgIpc) is 2.50. The topological polar surface area (TPSA) is 35.5 Å². The molecule has 21 heavy (non-hydrogen) atoms. The molecular weight excluding hydrogens is 264 g/mol. The largest absolute Gasteiger partial charge is 0.501 e. The Labute approximate surface area is 127 Å². The van der Waals surface area contributed by atoms with E-state index in [1.54, 1.807) is 14.0 Å². The minimum atomic E-state index is -0.324. The molecule has 0 saturated heterocycles. The molecule has 0 atom stereocenters. The number of allylic oxidation sites excluding steroid dienone is 2. The standard InChI is InChI=1S/C18H24O3/c1-13(2)18(19)21-12-8-10-16-9-6-7-11-17(16)14(3)15(4)20-5/h6-7,9,11H,1,8,10,12H2,2-5H3. The first-order valence-corrected chi connectivity index (χ1v) is 7.09.